The van der Waals surface area contributed by atoms with Crippen molar-refractivity contribution in [3.05, 3.63) is 59.2 Å². The van der Waals surface area contributed by atoms with Crippen molar-refractivity contribution >= 4 is 32.8 Å². The molecule has 4 aromatic rings. The zero-order chi connectivity index (χ0) is 20.5. The number of nitrogen functional groups attached to an aromatic ring is 1. The number of aromatic nitrogens is 5. The van der Waals surface area contributed by atoms with Crippen LogP contribution in [-0.4, -0.2) is 44.6 Å². The molecule has 150 valence electrons. The monoisotopic (exact) mass is 463 g/mol. The van der Waals surface area contributed by atoms with Crippen molar-refractivity contribution in [1.29, 1.82) is 0 Å². The maximum atomic E-state index is 6.17. The van der Waals surface area contributed by atoms with Gasteiger partial charge in [0.25, 0.3) is 0 Å². The Hall–Kier alpha value is -3.01. The Morgan fingerprint density at radius 3 is 2.77 bits per heavy atom. The van der Waals surface area contributed by atoms with E-state index in [0.717, 1.165) is 34.4 Å². The van der Waals surface area contributed by atoms with Gasteiger partial charge in [0.05, 0.1) is 35.8 Å². The first-order valence-electron chi connectivity index (χ1n) is 9.51. The van der Waals surface area contributed by atoms with Gasteiger partial charge in [0.2, 0.25) is 0 Å². The van der Waals surface area contributed by atoms with Crippen molar-refractivity contribution in [1.82, 2.24) is 30.2 Å². The lowest BCUT2D eigenvalue weighted by atomic mass is 10.0. The summed E-state index contributed by atoms with van der Waals surface area (Å²) in [6, 6.07) is 9.93. The number of ether oxygens (including phenoxy) is 1. The molecule has 0 aliphatic carbocycles. The molecule has 5 rings (SSSR count). The van der Waals surface area contributed by atoms with Gasteiger partial charge >= 0.3 is 0 Å². The van der Waals surface area contributed by atoms with Crippen LogP contribution < -0.4 is 11.1 Å². The summed E-state index contributed by atoms with van der Waals surface area (Å²) in [5.74, 6) is 0.386. The summed E-state index contributed by atoms with van der Waals surface area (Å²) in [4.78, 5) is 22.3. The summed E-state index contributed by atoms with van der Waals surface area (Å²) >= 11 is 3.53. The smallest absolute Gasteiger partial charge is 0.165 e. The predicted octanol–water partition coefficient (Wildman–Crippen LogP) is 3.15. The molecule has 1 fully saturated rings. The van der Waals surface area contributed by atoms with Gasteiger partial charge in [0.1, 0.15) is 23.9 Å². The van der Waals surface area contributed by atoms with E-state index in [0.29, 0.717) is 34.8 Å². The van der Waals surface area contributed by atoms with Crippen LogP contribution in [0.25, 0.3) is 33.5 Å². The van der Waals surface area contributed by atoms with Gasteiger partial charge in [-0.05, 0) is 29.3 Å². The molecule has 1 saturated heterocycles. The van der Waals surface area contributed by atoms with Crippen molar-refractivity contribution in [3.63, 3.8) is 0 Å². The third kappa shape index (κ3) is 3.62. The number of benzene rings is 1. The minimum atomic E-state index is -0.0883. The van der Waals surface area contributed by atoms with Crippen LogP contribution >= 0.6 is 15.9 Å². The van der Waals surface area contributed by atoms with Crippen molar-refractivity contribution < 1.29 is 4.74 Å². The number of anilines is 1. The summed E-state index contributed by atoms with van der Waals surface area (Å²) in [6.07, 6.45) is 4.79. The Labute approximate surface area is 181 Å². The number of hydrogen-bond acceptors (Lipinski definition) is 8. The van der Waals surface area contributed by atoms with Crippen molar-refractivity contribution in [2.75, 3.05) is 25.4 Å². The highest BCUT2D eigenvalue weighted by Gasteiger charge is 2.19. The second-order valence-corrected chi connectivity index (χ2v) is 7.83. The summed E-state index contributed by atoms with van der Waals surface area (Å²) in [7, 11) is 0. The van der Waals surface area contributed by atoms with Gasteiger partial charge < -0.3 is 15.8 Å². The normalized spacial score (nSPS) is 16.6. The number of nitrogens with two attached hydrogens (primary N) is 1. The van der Waals surface area contributed by atoms with Gasteiger partial charge in [-0.3, -0.25) is 9.97 Å². The predicted molar refractivity (Wildman–Crippen MR) is 117 cm³/mol. The molecule has 3 aromatic heterocycles. The van der Waals surface area contributed by atoms with Crippen LogP contribution in [-0.2, 0) is 4.74 Å². The molecule has 0 amide bonds. The van der Waals surface area contributed by atoms with Gasteiger partial charge in [-0.2, -0.15) is 0 Å². The Morgan fingerprint density at radius 2 is 2.00 bits per heavy atom. The molecule has 4 heterocycles. The largest absolute Gasteiger partial charge is 0.383 e. The minimum Gasteiger partial charge on any atom is -0.383 e. The second kappa shape index (κ2) is 8.02. The Morgan fingerprint density at radius 1 is 1.07 bits per heavy atom. The molecule has 8 nitrogen and oxygen atoms in total. The standard InChI is InChI=1S/C21H18BrN7O/c22-13-3-1-2-12(6-13)14-7-15(29-21-19(14)20(23)27-11-28-21)16-8-26-17(9-25-16)18-10-24-4-5-30-18/h1-3,6-9,11,18,24H,4-5,10H2,(H2,23,27,28,29). The molecule has 1 aliphatic heterocycles. The van der Waals surface area contributed by atoms with E-state index in [1.165, 1.54) is 6.33 Å². The first-order chi connectivity index (χ1) is 14.7. The Kier molecular flexibility index (Phi) is 5.07. The number of rotatable bonds is 3. The summed E-state index contributed by atoms with van der Waals surface area (Å²) in [5, 5.41) is 4.01. The third-order valence-corrected chi connectivity index (χ3v) is 5.45. The van der Waals surface area contributed by atoms with E-state index in [1.54, 1.807) is 12.4 Å². The zero-order valence-corrected chi connectivity index (χ0v) is 17.5. The molecule has 0 radical (unpaired) electrons. The summed E-state index contributed by atoms with van der Waals surface area (Å²) in [6.45, 7) is 2.25. The quantitative estimate of drug-likeness (QED) is 0.476. The summed E-state index contributed by atoms with van der Waals surface area (Å²) < 4.78 is 6.72. The maximum Gasteiger partial charge on any atom is 0.165 e. The molecule has 9 heteroatoms. The van der Waals surface area contributed by atoms with Crippen molar-refractivity contribution in [2.45, 2.75) is 6.10 Å². The fraction of sp³-hybridized carbons (Fsp3) is 0.190. The van der Waals surface area contributed by atoms with Crippen LogP contribution in [0, 0.1) is 0 Å². The molecule has 1 unspecified atom stereocenters. The molecule has 3 N–H and O–H groups in total. The van der Waals surface area contributed by atoms with Crippen LogP contribution in [0.4, 0.5) is 5.82 Å². The molecule has 0 bridgehead atoms. The van der Waals surface area contributed by atoms with E-state index in [9.17, 15) is 0 Å². The van der Waals surface area contributed by atoms with Crippen LogP contribution in [0.1, 0.15) is 11.8 Å². The lowest BCUT2D eigenvalue weighted by Gasteiger charge is -2.22. The fourth-order valence-electron chi connectivity index (χ4n) is 3.49. The number of morpholine rings is 1. The van der Waals surface area contributed by atoms with E-state index in [4.69, 9.17) is 10.5 Å². The molecule has 1 aromatic carbocycles. The molecular formula is C21H18BrN7O. The van der Waals surface area contributed by atoms with Gasteiger partial charge in [0, 0.05) is 17.6 Å². The SMILES string of the molecule is Nc1ncnc2nc(-c3cnc(C4CNCCO4)cn3)cc(-c3cccc(Br)c3)c12. The average Bonchev–Trinajstić information content (AvgIpc) is 2.79. The number of hydrogen-bond donors (Lipinski definition) is 2. The average molecular weight is 464 g/mol. The summed E-state index contributed by atoms with van der Waals surface area (Å²) in [5.41, 5.74) is 10.7. The zero-order valence-electron chi connectivity index (χ0n) is 15.9. The van der Waals surface area contributed by atoms with Crippen LogP contribution in [0.3, 0.4) is 0 Å². The number of nitrogens with one attached hydrogen (secondary N) is 1. The van der Waals surface area contributed by atoms with Gasteiger partial charge in [-0.1, -0.05) is 28.1 Å². The Balaban J connectivity index is 1.61. The van der Waals surface area contributed by atoms with E-state index in [1.807, 2.05) is 30.3 Å². The fourth-order valence-corrected chi connectivity index (χ4v) is 3.89. The first-order valence-corrected chi connectivity index (χ1v) is 10.3. The molecule has 1 atom stereocenters. The van der Waals surface area contributed by atoms with E-state index in [2.05, 4.69) is 46.2 Å². The lowest BCUT2D eigenvalue weighted by molar-refractivity contribution is 0.0248. The number of nitrogens with zero attached hydrogens (tertiary/aromatic N) is 5. The van der Waals surface area contributed by atoms with Gasteiger partial charge in [0.15, 0.2) is 5.65 Å². The minimum absolute atomic E-state index is 0.0883. The van der Waals surface area contributed by atoms with Crippen LogP contribution in [0.15, 0.2) is 53.5 Å². The second-order valence-electron chi connectivity index (χ2n) is 6.91. The van der Waals surface area contributed by atoms with Crippen LogP contribution in [0.2, 0.25) is 0 Å². The topological polar surface area (TPSA) is 112 Å². The lowest BCUT2D eigenvalue weighted by Crippen LogP contribution is -2.33. The first kappa shape index (κ1) is 19.0. The van der Waals surface area contributed by atoms with E-state index in [-0.39, 0.29) is 6.10 Å². The van der Waals surface area contributed by atoms with Crippen molar-refractivity contribution in [3.8, 4) is 22.5 Å². The molecular weight excluding hydrogens is 446 g/mol. The molecule has 1 aliphatic rings. The van der Waals surface area contributed by atoms with E-state index < -0.39 is 0 Å². The number of halogens is 1. The number of fused-ring (bicyclic) bond motifs is 1. The Bertz CT molecular complexity index is 1210. The highest BCUT2D eigenvalue weighted by Crippen LogP contribution is 2.34. The molecule has 30 heavy (non-hydrogen) atoms. The maximum absolute atomic E-state index is 6.17. The highest BCUT2D eigenvalue weighted by molar-refractivity contribution is 9.10. The van der Waals surface area contributed by atoms with Gasteiger partial charge in [-0.15, -0.1) is 0 Å². The van der Waals surface area contributed by atoms with E-state index >= 15 is 0 Å². The molecule has 0 spiro atoms. The molecule has 0 saturated carbocycles. The van der Waals surface area contributed by atoms with Gasteiger partial charge in [-0.25, -0.2) is 15.0 Å². The number of pyridine rings is 1. The van der Waals surface area contributed by atoms with Crippen LogP contribution in [0.5, 0.6) is 0 Å². The third-order valence-electron chi connectivity index (χ3n) is 4.96. The van der Waals surface area contributed by atoms with Crippen molar-refractivity contribution in [2.24, 2.45) is 0 Å². The highest BCUT2D eigenvalue weighted by atomic mass is 79.9.